The molecule has 2 aromatic carbocycles. The predicted molar refractivity (Wildman–Crippen MR) is 108 cm³/mol. The number of primary amides is 1. The fourth-order valence-electron chi connectivity index (χ4n) is 2.85. The fraction of sp³-hybridized carbons (Fsp3) is 0.364. The van der Waals surface area contributed by atoms with Gasteiger partial charge in [0.05, 0.1) is 12.3 Å². The molecule has 2 rings (SSSR count). The normalized spacial score (nSPS) is 10.4. The zero-order chi connectivity index (χ0) is 19.6. The van der Waals surface area contributed by atoms with Crippen molar-refractivity contribution < 1.29 is 14.3 Å². The number of aryl methyl sites for hydroxylation is 2. The summed E-state index contributed by atoms with van der Waals surface area (Å²) in [6.45, 7) is 4.54. The molecule has 0 aliphatic heterocycles. The van der Waals surface area contributed by atoms with Crippen LogP contribution in [0.5, 0.6) is 5.75 Å². The molecular weight excluding hydrogens is 340 g/mol. The van der Waals surface area contributed by atoms with E-state index in [0.29, 0.717) is 30.0 Å². The quantitative estimate of drug-likeness (QED) is 0.616. The summed E-state index contributed by atoms with van der Waals surface area (Å²) in [4.78, 5) is 23.5. The largest absolute Gasteiger partial charge is 0.491 e. The first kappa shape index (κ1) is 20.5. The number of rotatable bonds is 10. The van der Waals surface area contributed by atoms with E-state index >= 15 is 0 Å². The third-order valence-electron chi connectivity index (χ3n) is 4.35. The van der Waals surface area contributed by atoms with Crippen LogP contribution in [0.1, 0.15) is 54.1 Å². The monoisotopic (exact) mass is 368 g/mol. The Balaban J connectivity index is 2.00. The molecule has 0 aromatic heterocycles. The zero-order valence-corrected chi connectivity index (χ0v) is 16.1. The Labute approximate surface area is 160 Å². The van der Waals surface area contributed by atoms with E-state index < -0.39 is 0 Å². The van der Waals surface area contributed by atoms with Crippen LogP contribution in [0.25, 0.3) is 0 Å². The minimum absolute atomic E-state index is 0.136. The van der Waals surface area contributed by atoms with Crippen molar-refractivity contribution in [2.24, 2.45) is 5.73 Å². The van der Waals surface area contributed by atoms with Crippen LogP contribution in [0.15, 0.2) is 42.5 Å². The zero-order valence-electron chi connectivity index (χ0n) is 16.1. The van der Waals surface area contributed by atoms with E-state index in [-0.39, 0.29) is 11.8 Å². The molecule has 2 amide bonds. The molecule has 5 heteroatoms. The lowest BCUT2D eigenvalue weighted by molar-refractivity contribution is -0.118. The molecule has 0 aliphatic carbocycles. The van der Waals surface area contributed by atoms with E-state index in [0.717, 1.165) is 36.8 Å². The van der Waals surface area contributed by atoms with Gasteiger partial charge in [0.25, 0.3) is 5.91 Å². The first-order valence-corrected chi connectivity index (χ1v) is 9.42. The maximum atomic E-state index is 12.7. The van der Waals surface area contributed by atoms with Gasteiger partial charge in [-0.2, -0.15) is 0 Å². The van der Waals surface area contributed by atoms with Gasteiger partial charge in [0.1, 0.15) is 5.75 Å². The van der Waals surface area contributed by atoms with E-state index in [9.17, 15) is 9.59 Å². The Bertz CT molecular complexity index is 787. The highest BCUT2D eigenvalue weighted by molar-refractivity contribution is 6.06. The highest BCUT2D eigenvalue weighted by Crippen LogP contribution is 2.27. The number of hydrogen-bond donors (Lipinski definition) is 2. The van der Waals surface area contributed by atoms with Crippen molar-refractivity contribution >= 4 is 17.5 Å². The lowest BCUT2D eigenvalue weighted by Crippen LogP contribution is -2.15. The van der Waals surface area contributed by atoms with Crippen molar-refractivity contribution in [3.05, 3.63) is 59.2 Å². The van der Waals surface area contributed by atoms with Crippen molar-refractivity contribution in [1.82, 2.24) is 0 Å². The third kappa shape index (κ3) is 6.44. The molecule has 0 fully saturated rings. The van der Waals surface area contributed by atoms with Crippen LogP contribution >= 0.6 is 0 Å². The maximum absolute atomic E-state index is 12.7. The summed E-state index contributed by atoms with van der Waals surface area (Å²) in [5, 5.41) is 2.97. The molecule has 144 valence electrons. The van der Waals surface area contributed by atoms with Gasteiger partial charge in [0.2, 0.25) is 5.91 Å². The predicted octanol–water partition coefficient (Wildman–Crippen LogP) is 4.23. The lowest BCUT2D eigenvalue weighted by atomic mass is 10.0. The van der Waals surface area contributed by atoms with Crippen molar-refractivity contribution in [3.8, 4) is 5.75 Å². The highest BCUT2D eigenvalue weighted by Gasteiger charge is 2.13. The molecule has 0 heterocycles. The molecule has 0 saturated heterocycles. The first-order chi connectivity index (χ1) is 13.0. The molecule has 5 nitrogen and oxygen atoms in total. The number of carbonyl (C=O) groups is 2. The van der Waals surface area contributed by atoms with Crippen molar-refractivity contribution in [2.75, 3.05) is 11.9 Å². The Morgan fingerprint density at radius 1 is 1.07 bits per heavy atom. The molecule has 0 saturated carbocycles. The standard InChI is InChI=1S/C22H28N2O3/c1-3-17-9-6-7-10-18(17)22(26)24-19-13-12-16(2)15-20(19)27-14-8-4-5-11-21(23)25/h6-7,9-10,12-13,15H,3-5,8,11,14H2,1-2H3,(H2,23,25)(H,24,26). The molecule has 0 spiro atoms. The van der Waals surface area contributed by atoms with E-state index in [2.05, 4.69) is 5.32 Å². The van der Waals surface area contributed by atoms with E-state index in [4.69, 9.17) is 10.5 Å². The number of carbonyl (C=O) groups excluding carboxylic acids is 2. The number of anilines is 1. The molecule has 0 bridgehead atoms. The van der Waals surface area contributed by atoms with Gasteiger partial charge in [-0.05, 0) is 61.9 Å². The smallest absolute Gasteiger partial charge is 0.256 e. The van der Waals surface area contributed by atoms with Crippen molar-refractivity contribution in [2.45, 2.75) is 46.0 Å². The molecule has 27 heavy (non-hydrogen) atoms. The van der Waals surface area contributed by atoms with E-state index in [1.165, 1.54) is 0 Å². The molecule has 2 aromatic rings. The Kier molecular flexibility index (Phi) is 7.86. The molecule has 0 aliphatic rings. The Hall–Kier alpha value is -2.82. The van der Waals surface area contributed by atoms with Crippen LogP contribution in [0.4, 0.5) is 5.69 Å². The molecular formula is C22H28N2O3. The Morgan fingerprint density at radius 3 is 2.59 bits per heavy atom. The molecule has 0 unspecified atom stereocenters. The van der Waals surface area contributed by atoms with Crippen LogP contribution in [-0.2, 0) is 11.2 Å². The number of nitrogens with two attached hydrogens (primary N) is 1. The summed E-state index contributed by atoms with van der Waals surface area (Å²) in [6.07, 6.45) is 3.67. The average molecular weight is 368 g/mol. The number of amides is 2. The van der Waals surface area contributed by atoms with Crippen LogP contribution in [0.3, 0.4) is 0 Å². The summed E-state index contributed by atoms with van der Waals surface area (Å²) in [6, 6.07) is 13.3. The van der Waals surface area contributed by atoms with Gasteiger partial charge < -0.3 is 15.8 Å². The third-order valence-corrected chi connectivity index (χ3v) is 4.35. The van der Waals surface area contributed by atoms with Gasteiger partial charge in [-0.1, -0.05) is 31.2 Å². The second kappa shape index (κ2) is 10.4. The minimum atomic E-state index is -0.271. The fourth-order valence-corrected chi connectivity index (χ4v) is 2.85. The summed E-state index contributed by atoms with van der Waals surface area (Å²) in [7, 11) is 0. The van der Waals surface area contributed by atoms with Crippen LogP contribution in [0.2, 0.25) is 0 Å². The average Bonchev–Trinajstić information content (AvgIpc) is 2.66. The number of nitrogens with one attached hydrogen (secondary N) is 1. The second-order valence-electron chi connectivity index (χ2n) is 6.59. The molecule has 0 atom stereocenters. The van der Waals surface area contributed by atoms with E-state index in [1.807, 2.05) is 56.3 Å². The van der Waals surface area contributed by atoms with Crippen LogP contribution in [0, 0.1) is 6.92 Å². The van der Waals surface area contributed by atoms with Gasteiger partial charge in [-0.25, -0.2) is 0 Å². The van der Waals surface area contributed by atoms with Crippen molar-refractivity contribution in [3.63, 3.8) is 0 Å². The number of unbranched alkanes of at least 4 members (excludes halogenated alkanes) is 2. The summed E-state index contributed by atoms with van der Waals surface area (Å²) in [5.74, 6) is 0.252. The SMILES string of the molecule is CCc1ccccc1C(=O)Nc1ccc(C)cc1OCCCCCC(N)=O. The maximum Gasteiger partial charge on any atom is 0.256 e. The van der Waals surface area contributed by atoms with Crippen molar-refractivity contribution in [1.29, 1.82) is 0 Å². The van der Waals surface area contributed by atoms with Gasteiger partial charge in [0, 0.05) is 12.0 Å². The second-order valence-corrected chi connectivity index (χ2v) is 6.59. The minimum Gasteiger partial charge on any atom is -0.491 e. The first-order valence-electron chi connectivity index (χ1n) is 9.42. The number of ether oxygens (including phenoxy) is 1. The molecule has 0 radical (unpaired) electrons. The lowest BCUT2D eigenvalue weighted by Gasteiger charge is -2.14. The van der Waals surface area contributed by atoms with Gasteiger partial charge in [-0.3, -0.25) is 9.59 Å². The number of benzene rings is 2. The van der Waals surface area contributed by atoms with E-state index in [1.54, 1.807) is 0 Å². The summed E-state index contributed by atoms with van der Waals surface area (Å²) < 4.78 is 5.89. The molecule has 3 N–H and O–H groups in total. The van der Waals surface area contributed by atoms with Gasteiger partial charge in [-0.15, -0.1) is 0 Å². The van der Waals surface area contributed by atoms with Crippen LogP contribution in [-0.4, -0.2) is 18.4 Å². The summed E-state index contributed by atoms with van der Waals surface area (Å²) >= 11 is 0. The van der Waals surface area contributed by atoms with Gasteiger partial charge in [0.15, 0.2) is 0 Å². The Morgan fingerprint density at radius 2 is 1.85 bits per heavy atom. The van der Waals surface area contributed by atoms with Gasteiger partial charge >= 0.3 is 0 Å². The topological polar surface area (TPSA) is 81.4 Å². The highest BCUT2D eigenvalue weighted by atomic mass is 16.5. The van der Waals surface area contributed by atoms with Crippen LogP contribution < -0.4 is 15.8 Å². The number of hydrogen-bond acceptors (Lipinski definition) is 3. The summed E-state index contributed by atoms with van der Waals surface area (Å²) in [5.41, 5.74) is 8.55.